The standard InChI is InChI=1S/C26H25IN6OS/c1-3-14-33-24(17-28-23-12-10-22(27)11-13-23)30-32-26(33)35-18(2)25(34)31-29-16-19-8-9-20-6-4-5-7-21(20)15-19/h3-13,15-16,18,28H,1,14,17H2,2H3,(H,31,34). The molecule has 0 radical (unpaired) electrons. The Morgan fingerprint density at radius 2 is 1.91 bits per heavy atom. The molecule has 0 bridgehead atoms. The van der Waals surface area contributed by atoms with E-state index in [1.807, 2.05) is 72.2 Å². The van der Waals surface area contributed by atoms with Gasteiger partial charge in [-0.25, -0.2) is 5.43 Å². The van der Waals surface area contributed by atoms with Gasteiger partial charge in [0.2, 0.25) is 0 Å². The maximum absolute atomic E-state index is 12.6. The van der Waals surface area contributed by atoms with E-state index in [-0.39, 0.29) is 5.91 Å². The summed E-state index contributed by atoms with van der Waals surface area (Å²) >= 11 is 3.61. The highest BCUT2D eigenvalue weighted by Gasteiger charge is 2.19. The minimum Gasteiger partial charge on any atom is -0.378 e. The highest BCUT2D eigenvalue weighted by molar-refractivity contribution is 14.1. The molecule has 1 unspecified atom stereocenters. The number of nitrogens with zero attached hydrogens (tertiary/aromatic N) is 4. The van der Waals surface area contributed by atoms with E-state index in [9.17, 15) is 4.79 Å². The fourth-order valence-corrected chi connectivity index (χ4v) is 4.59. The average Bonchev–Trinajstić information content (AvgIpc) is 3.24. The molecule has 7 nitrogen and oxygen atoms in total. The number of rotatable bonds is 10. The molecule has 0 aliphatic heterocycles. The molecule has 1 aromatic heterocycles. The van der Waals surface area contributed by atoms with Gasteiger partial charge in [0.25, 0.3) is 5.91 Å². The molecule has 35 heavy (non-hydrogen) atoms. The summed E-state index contributed by atoms with van der Waals surface area (Å²) in [5, 5.41) is 18.7. The molecular formula is C26H25IN6OS. The van der Waals surface area contributed by atoms with Crippen LogP contribution in [0.1, 0.15) is 18.3 Å². The molecular weight excluding hydrogens is 571 g/mol. The average molecular weight is 596 g/mol. The second-order valence-corrected chi connectivity index (χ2v) is 10.3. The van der Waals surface area contributed by atoms with Gasteiger partial charge in [-0.2, -0.15) is 5.10 Å². The van der Waals surface area contributed by atoms with Crippen molar-refractivity contribution in [2.24, 2.45) is 5.10 Å². The zero-order valence-electron chi connectivity index (χ0n) is 19.2. The van der Waals surface area contributed by atoms with Gasteiger partial charge in [0.05, 0.1) is 18.0 Å². The van der Waals surface area contributed by atoms with Crippen LogP contribution in [-0.2, 0) is 17.9 Å². The Morgan fingerprint density at radius 3 is 2.69 bits per heavy atom. The molecule has 9 heteroatoms. The topological polar surface area (TPSA) is 84.2 Å². The maximum atomic E-state index is 12.6. The lowest BCUT2D eigenvalue weighted by Gasteiger charge is -2.12. The zero-order chi connectivity index (χ0) is 24.6. The monoisotopic (exact) mass is 596 g/mol. The summed E-state index contributed by atoms with van der Waals surface area (Å²) in [6.45, 7) is 6.73. The summed E-state index contributed by atoms with van der Waals surface area (Å²) in [6.07, 6.45) is 3.44. The van der Waals surface area contributed by atoms with Crippen LogP contribution < -0.4 is 10.7 Å². The molecule has 0 aliphatic rings. The summed E-state index contributed by atoms with van der Waals surface area (Å²) in [4.78, 5) is 12.6. The summed E-state index contributed by atoms with van der Waals surface area (Å²) in [5.74, 6) is 0.562. The molecule has 0 fully saturated rings. The third-order valence-corrected chi connectivity index (χ3v) is 7.01. The van der Waals surface area contributed by atoms with Crippen molar-refractivity contribution in [1.29, 1.82) is 0 Å². The largest absolute Gasteiger partial charge is 0.378 e. The lowest BCUT2D eigenvalue weighted by molar-refractivity contribution is -0.120. The first-order valence-electron chi connectivity index (χ1n) is 11.0. The summed E-state index contributed by atoms with van der Waals surface area (Å²) in [7, 11) is 0. The van der Waals surface area contributed by atoms with Gasteiger partial charge >= 0.3 is 0 Å². The number of carbonyl (C=O) groups excluding carboxylic acids is 1. The van der Waals surface area contributed by atoms with E-state index in [0.29, 0.717) is 18.2 Å². The van der Waals surface area contributed by atoms with E-state index in [1.165, 1.54) is 15.3 Å². The lowest BCUT2D eigenvalue weighted by Crippen LogP contribution is -2.27. The Morgan fingerprint density at radius 1 is 1.14 bits per heavy atom. The van der Waals surface area contributed by atoms with Gasteiger partial charge in [-0.1, -0.05) is 54.2 Å². The van der Waals surface area contributed by atoms with Crippen LogP contribution in [0.2, 0.25) is 0 Å². The number of amides is 1. The summed E-state index contributed by atoms with van der Waals surface area (Å²) < 4.78 is 3.13. The molecule has 4 rings (SSSR count). The molecule has 178 valence electrons. The van der Waals surface area contributed by atoms with Crippen molar-refractivity contribution in [3.63, 3.8) is 0 Å². The first kappa shape index (κ1) is 24.9. The minimum atomic E-state index is -0.409. The zero-order valence-corrected chi connectivity index (χ0v) is 22.2. The lowest BCUT2D eigenvalue weighted by atomic mass is 10.1. The second kappa shape index (κ2) is 12.0. The van der Waals surface area contributed by atoms with Crippen molar-refractivity contribution in [2.75, 3.05) is 5.32 Å². The molecule has 1 heterocycles. The van der Waals surface area contributed by atoms with E-state index in [4.69, 9.17) is 0 Å². The van der Waals surface area contributed by atoms with E-state index in [1.54, 1.807) is 12.3 Å². The van der Waals surface area contributed by atoms with Crippen molar-refractivity contribution < 1.29 is 4.79 Å². The van der Waals surface area contributed by atoms with Crippen molar-refractivity contribution in [3.05, 3.63) is 94.3 Å². The quantitative estimate of drug-likeness (QED) is 0.0835. The van der Waals surface area contributed by atoms with Gasteiger partial charge in [0.15, 0.2) is 11.0 Å². The third-order valence-electron chi connectivity index (χ3n) is 5.21. The molecule has 0 saturated carbocycles. The Hall–Kier alpha value is -3.18. The number of hydrogen-bond acceptors (Lipinski definition) is 6. The fraction of sp³-hybridized carbons (Fsp3) is 0.154. The first-order valence-corrected chi connectivity index (χ1v) is 13.0. The number of aromatic nitrogens is 3. The van der Waals surface area contributed by atoms with Crippen LogP contribution in [0.5, 0.6) is 0 Å². The molecule has 1 atom stereocenters. The molecule has 0 spiro atoms. The second-order valence-electron chi connectivity index (χ2n) is 7.76. The van der Waals surface area contributed by atoms with Crippen molar-refractivity contribution in [2.45, 2.75) is 30.4 Å². The number of carbonyl (C=O) groups is 1. The van der Waals surface area contributed by atoms with Crippen LogP contribution in [0.4, 0.5) is 5.69 Å². The third kappa shape index (κ3) is 6.70. The van der Waals surface area contributed by atoms with Crippen LogP contribution >= 0.6 is 34.4 Å². The van der Waals surface area contributed by atoms with Crippen molar-refractivity contribution in [3.8, 4) is 0 Å². The highest BCUT2D eigenvalue weighted by atomic mass is 127. The predicted octanol–water partition coefficient (Wildman–Crippen LogP) is 5.46. The molecule has 0 saturated heterocycles. The Labute approximate surface area is 222 Å². The van der Waals surface area contributed by atoms with Gasteiger partial charge in [0.1, 0.15) is 0 Å². The van der Waals surface area contributed by atoms with Gasteiger partial charge in [-0.15, -0.1) is 16.8 Å². The van der Waals surface area contributed by atoms with E-state index >= 15 is 0 Å². The smallest absolute Gasteiger partial charge is 0.253 e. The first-order chi connectivity index (χ1) is 17.0. The Balaban J connectivity index is 1.36. The van der Waals surface area contributed by atoms with Crippen LogP contribution in [0.25, 0.3) is 10.8 Å². The Bertz CT molecular complexity index is 1350. The van der Waals surface area contributed by atoms with E-state index in [0.717, 1.165) is 27.8 Å². The number of allylic oxidation sites excluding steroid dienone is 1. The number of hydrazone groups is 1. The molecule has 3 aromatic carbocycles. The fourth-order valence-electron chi connectivity index (χ4n) is 3.36. The summed E-state index contributed by atoms with van der Waals surface area (Å²) in [6, 6.07) is 22.3. The van der Waals surface area contributed by atoms with Crippen molar-refractivity contribution >= 4 is 62.9 Å². The number of benzene rings is 3. The molecule has 2 N–H and O–H groups in total. The van der Waals surface area contributed by atoms with E-state index in [2.05, 4.69) is 61.3 Å². The number of hydrogen-bond donors (Lipinski definition) is 2. The molecule has 4 aromatic rings. The summed E-state index contributed by atoms with van der Waals surface area (Å²) in [5.41, 5.74) is 4.55. The number of thioether (sulfide) groups is 1. The van der Waals surface area contributed by atoms with Crippen LogP contribution in [0.15, 0.2) is 89.6 Å². The highest BCUT2D eigenvalue weighted by Crippen LogP contribution is 2.23. The SMILES string of the molecule is C=CCn1c(CNc2ccc(I)cc2)nnc1SC(C)C(=O)NN=Cc1ccc2ccccc2c1. The number of nitrogens with one attached hydrogen (secondary N) is 2. The number of anilines is 1. The van der Waals surface area contributed by atoms with Crippen LogP contribution in [-0.4, -0.2) is 32.1 Å². The molecule has 0 aliphatic carbocycles. The Kier molecular flexibility index (Phi) is 8.54. The van der Waals surface area contributed by atoms with Gasteiger partial charge in [-0.05, 0) is 76.2 Å². The van der Waals surface area contributed by atoms with Gasteiger partial charge in [0, 0.05) is 15.8 Å². The maximum Gasteiger partial charge on any atom is 0.253 e. The van der Waals surface area contributed by atoms with Gasteiger partial charge < -0.3 is 9.88 Å². The number of fused-ring (bicyclic) bond motifs is 1. The normalized spacial score (nSPS) is 12.1. The van der Waals surface area contributed by atoms with E-state index < -0.39 is 5.25 Å². The van der Waals surface area contributed by atoms with Crippen LogP contribution in [0, 0.1) is 3.57 Å². The molecule has 1 amide bonds. The predicted molar refractivity (Wildman–Crippen MR) is 152 cm³/mol. The van der Waals surface area contributed by atoms with Crippen LogP contribution in [0.3, 0.4) is 0 Å². The van der Waals surface area contributed by atoms with Gasteiger partial charge in [-0.3, -0.25) is 4.79 Å². The van der Waals surface area contributed by atoms with Crippen molar-refractivity contribution in [1.82, 2.24) is 20.2 Å². The minimum absolute atomic E-state index is 0.209. The number of halogens is 1.